The van der Waals surface area contributed by atoms with Crippen molar-refractivity contribution in [2.75, 3.05) is 0 Å². The number of hydrogen-bond donors (Lipinski definition) is 0. The first-order valence-electron chi connectivity index (χ1n) is 12.1. The van der Waals surface area contributed by atoms with Crippen LogP contribution >= 0.6 is 7.92 Å². The summed E-state index contributed by atoms with van der Waals surface area (Å²) in [5, 5.41) is 4.45. The van der Waals surface area contributed by atoms with E-state index in [9.17, 15) is 0 Å². The molecule has 0 amide bonds. The molecule has 5 aromatic carbocycles. The number of hydrogen-bond acceptors (Lipinski definition) is 0. The molecule has 0 N–H and O–H groups in total. The Morgan fingerprint density at radius 3 is 1.74 bits per heavy atom. The van der Waals surface area contributed by atoms with Crippen LogP contribution in [0.4, 0.5) is 0 Å². The fraction of sp³-hybridized carbons (Fsp3) is 0.0625. The SMILES string of the molecule is c1ccc(B2c3ccccc3C3c4ccccc4P(c4ccccc4)c4ccccc4C23)cc1. The van der Waals surface area contributed by atoms with E-state index in [1.54, 1.807) is 0 Å². The van der Waals surface area contributed by atoms with Crippen molar-refractivity contribution in [1.29, 1.82) is 0 Å². The van der Waals surface area contributed by atoms with Crippen molar-refractivity contribution < 1.29 is 0 Å². The van der Waals surface area contributed by atoms with Gasteiger partial charge in [-0.3, -0.25) is 0 Å². The molecule has 160 valence electrons. The van der Waals surface area contributed by atoms with Crippen LogP contribution in [0.25, 0.3) is 0 Å². The Bertz CT molecular complexity index is 1480. The van der Waals surface area contributed by atoms with Gasteiger partial charge in [-0.1, -0.05) is 144 Å². The zero-order chi connectivity index (χ0) is 22.5. The molecule has 2 aliphatic heterocycles. The van der Waals surface area contributed by atoms with Gasteiger partial charge in [0.05, 0.1) is 0 Å². The van der Waals surface area contributed by atoms with Gasteiger partial charge >= 0.3 is 0 Å². The average Bonchev–Trinajstić information content (AvgIpc) is 3.19. The maximum Gasteiger partial charge on any atom is 0.218 e. The van der Waals surface area contributed by atoms with Crippen LogP contribution in [0.5, 0.6) is 0 Å². The van der Waals surface area contributed by atoms with Crippen molar-refractivity contribution in [2.45, 2.75) is 11.7 Å². The average molecular weight is 450 g/mol. The van der Waals surface area contributed by atoms with Crippen LogP contribution in [0.15, 0.2) is 133 Å². The van der Waals surface area contributed by atoms with Gasteiger partial charge in [-0.05, 0) is 46.3 Å². The normalized spacial score (nSPS) is 20.0. The number of rotatable bonds is 2. The van der Waals surface area contributed by atoms with E-state index < -0.39 is 7.92 Å². The van der Waals surface area contributed by atoms with E-state index >= 15 is 0 Å². The van der Waals surface area contributed by atoms with Gasteiger partial charge in [0, 0.05) is 5.92 Å². The predicted octanol–water partition coefficient (Wildman–Crippen LogP) is 4.84. The highest BCUT2D eigenvalue weighted by Crippen LogP contribution is 2.51. The number of fused-ring (bicyclic) bond motifs is 7. The molecule has 34 heavy (non-hydrogen) atoms. The Hall–Kier alpha value is -3.41. The Kier molecular flexibility index (Phi) is 4.78. The maximum atomic E-state index is 2.42. The summed E-state index contributed by atoms with van der Waals surface area (Å²) in [6.07, 6.45) is 0. The molecule has 0 fully saturated rings. The van der Waals surface area contributed by atoms with Crippen LogP contribution in [-0.2, 0) is 0 Å². The van der Waals surface area contributed by atoms with Crippen LogP contribution < -0.4 is 26.8 Å². The molecule has 0 aliphatic carbocycles. The summed E-state index contributed by atoms with van der Waals surface area (Å²) in [4.78, 5) is 0. The van der Waals surface area contributed by atoms with Crippen LogP contribution in [-0.4, -0.2) is 6.71 Å². The summed E-state index contributed by atoms with van der Waals surface area (Å²) < 4.78 is 0. The molecule has 2 aliphatic rings. The minimum Gasteiger partial charge on any atom is -0.0735 e. The van der Waals surface area contributed by atoms with Crippen LogP contribution in [0.3, 0.4) is 0 Å². The van der Waals surface area contributed by atoms with Gasteiger partial charge in [-0.15, -0.1) is 0 Å². The van der Waals surface area contributed by atoms with Crippen molar-refractivity contribution in [3.05, 3.63) is 150 Å². The van der Waals surface area contributed by atoms with Crippen LogP contribution in [0.2, 0.25) is 0 Å². The molecule has 0 nitrogen and oxygen atoms in total. The highest BCUT2D eigenvalue weighted by atomic mass is 31.1. The van der Waals surface area contributed by atoms with Gasteiger partial charge in [0.1, 0.15) is 0 Å². The first-order chi connectivity index (χ1) is 16.9. The topological polar surface area (TPSA) is 0 Å². The first kappa shape index (κ1) is 20.0. The summed E-state index contributed by atoms with van der Waals surface area (Å²) in [6, 6.07) is 50.1. The molecule has 0 radical (unpaired) electrons. The Balaban J connectivity index is 1.58. The van der Waals surface area contributed by atoms with Crippen molar-refractivity contribution in [3.63, 3.8) is 0 Å². The van der Waals surface area contributed by atoms with E-state index in [1.165, 1.54) is 43.5 Å². The molecule has 3 atom stereocenters. The Morgan fingerprint density at radius 1 is 0.471 bits per heavy atom. The lowest BCUT2D eigenvalue weighted by Gasteiger charge is -2.25. The predicted molar refractivity (Wildman–Crippen MR) is 148 cm³/mol. The third-order valence-electron chi connectivity index (χ3n) is 7.61. The minimum atomic E-state index is -0.627. The van der Waals surface area contributed by atoms with Gasteiger partial charge < -0.3 is 0 Å². The van der Waals surface area contributed by atoms with Crippen molar-refractivity contribution >= 4 is 41.5 Å². The lowest BCUT2D eigenvalue weighted by Crippen LogP contribution is -2.45. The lowest BCUT2D eigenvalue weighted by atomic mass is 9.34. The zero-order valence-electron chi connectivity index (χ0n) is 18.9. The Labute approximate surface area is 203 Å². The zero-order valence-corrected chi connectivity index (χ0v) is 19.8. The van der Waals surface area contributed by atoms with Crippen molar-refractivity contribution in [2.24, 2.45) is 0 Å². The molecule has 2 heteroatoms. The van der Waals surface area contributed by atoms with E-state index in [1.807, 2.05) is 0 Å². The monoisotopic (exact) mass is 450 g/mol. The van der Waals surface area contributed by atoms with Crippen LogP contribution in [0.1, 0.15) is 28.4 Å². The highest BCUT2D eigenvalue weighted by Gasteiger charge is 2.48. The summed E-state index contributed by atoms with van der Waals surface area (Å²) >= 11 is 0. The molecule has 0 spiro atoms. The van der Waals surface area contributed by atoms with E-state index in [-0.39, 0.29) is 0 Å². The molecule has 0 saturated heterocycles. The molecular weight excluding hydrogens is 426 g/mol. The molecule has 7 rings (SSSR count). The standard InChI is InChI=1S/C32H24BP/c1-3-13-23(14-4-1)33-28-20-10-7-17-25(28)31-26-18-8-11-21-29(26)34(24-15-5-2-6-16-24)30-22-12-9-19-27(30)32(31)33/h1-22,31-32H. The molecule has 5 aromatic rings. The highest BCUT2D eigenvalue weighted by molar-refractivity contribution is 7.80. The second kappa shape index (κ2) is 8.12. The van der Waals surface area contributed by atoms with Crippen LogP contribution in [0, 0.1) is 0 Å². The molecule has 3 unspecified atom stereocenters. The van der Waals surface area contributed by atoms with E-state index in [4.69, 9.17) is 0 Å². The van der Waals surface area contributed by atoms with Gasteiger partial charge in [0.25, 0.3) is 0 Å². The second-order valence-electron chi connectivity index (χ2n) is 9.31. The van der Waals surface area contributed by atoms with E-state index in [2.05, 4.69) is 133 Å². The summed E-state index contributed by atoms with van der Waals surface area (Å²) in [7, 11) is -0.627. The van der Waals surface area contributed by atoms with Gasteiger partial charge in [0.15, 0.2) is 0 Å². The largest absolute Gasteiger partial charge is 0.218 e. The smallest absolute Gasteiger partial charge is 0.0735 e. The van der Waals surface area contributed by atoms with Crippen molar-refractivity contribution in [3.8, 4) is 0 Å². The molecule has 0 aromatic heterocycles. The third kappa shape index (κ3) is 2.97. The second-order valence-corrected chi connectivity index (χ2v) is 11.5. The van der Waals surface area contributed by atoms with E-state index in [0.717, 1.165) is 0 Å². The fourth-order valence-corrected chi connectivity index (χ4v) is 9.05. The molecular formula is C32H24BP. The first-order valence-corrected chi connectivity index (χ1v) is 13.4. The third-order valence-corrected chi connectivity index (χ3v) is 10.2. The fourth-order valence-electron chi connectivity index (χ4n) is 6.34. The van der Waals surface area contributed by atoms with Gasteiger partial charge in [0.2, 0.25) is 6.71 Å². The van der Waals surface area contributed by atoms with Crippen molar-refractivity contribution in [1.82, 2.24) is 0 Å². The molecule has 2 heterocycles. The maximum absolute atomic E-state index is 2.42. The van der Waals surface area contributed by atoms with Gasteiger partial charge in [-0.2, -0.15) is 0 Å². The lowest BCUT2D eigenvalue weighted by molar-refractivity contribution is 0.799. The minimum absolute atomic E-state index is 0.349. The summed E-state index contributed by atoms with van der Waals surface area (Å²) in [6.45, 7) is 0.349. The molecule has 0 saturated carbocycles. The van der Waals surface area contributed by atoms with Gasteiger partial charge in [-0.25, -0.2) is 0 Å². The molecule has 0 bridgehead atoms. The Morgan fingerprint density at radius 2 is 1.00 bits per heavy atom. The van der Waals surface area contributed by atoms with E-state index in [0.29, 0.717) is 18.4 Å². The number of benzene rings is 5. The summed E-state index contributed by atoms with van der Waals surface area (Å²) in [5.74, 6) is 0.739. The summed E-state index contributed by atoms with van der Waals surface area (Å²) in [5.41, 5.74) is 7.42. The quantitative estimate of drug-likeness (QED) is 0.267.